The van der Waals surface area contributed by atoms with Crippen LogP contribution >= 0.6 is 11.6 Å². The van der Waals surface area contributed by atoms with E-state index in [4.69, 9.17) is 21.1 Å². The third kappa shape index (κ3) is 6.36. The number of methoxy groups -OCH3 is 1. The Morgan fingerprint density at radius 2 is 1.89 bits per heavy atom. The zero-order valence-corrected chi connectivity index (χ0v) is 16.8. The van der Waals surface area contributed by atoms with Gasteiger partial charge in [-0.15, -0.1) is 0 Å². The van der Waals surface area contributed by atoms with E-state index >= 15 is 0 Å². The van der Waals surface area contributed by atoms with Crippen molar-refractivity contribution in [1.29, 1.82) is 0 Å². The Morgan fingerprint density at radius 1 is 1.21 bits per heavy atom. The fourth-order valence-corrected chi connectivity index (χ4v) is 3.63. The first kappa shape index (κ1) is 21.9. The third-order valence-electron chi connectivity index (χ3n) is 3.49. The summed E-state index contributed by atoms with van der Waals surface area (Å²) in [5.41, 5.74) is 0.208. The SMILES string of the molecule is COC[C@@H](C)NC(=O)COc1ccc(S(=O)(=O)Nc2ccc(F)cc2)cc1Cl. The Balaban J connectivity index is 2.02. The summed E-state index contributed by atoms with van der Waals surface area (Å²) in [7, 11) is -2.40. The molecule has 0 bridgehead atoms. The highest BCUT2D eigenvalue weighted by Gasteiger charge is 2.17. The molecule has 0 radical (unpaired) electrons. The Bertz CT molecular complexity index is 922. The molecule has 0 aromatic heterocycles. The summed E-state index contributed by atoms with van der Waals surface area (Å²) in [5.74, 6) is -0.680. The van der Waals surface area contributed by atoms with Crippen molar-refractivity contribution in [2.45, 2.75) is 17.9 Å². The van der Waals surface area contributed by atoms with Crippen LogP contribution in [0, 0.1) is 5.82 Å². The second-order valence-electron chi connectivity index (χ2n) is 5.92. The number of anilines is 1. The van der Waals surface area contributed by atoms with Gasteiger partial charge >= 0.3 is 0 Å². The van der Waals surface area contributed by atoms with E-state index in [1.54, 1.807) is 6.92 Å². The summed E-state index contributed by atoms with van der Waals surface area (Å²) < 4.78 is 50.4. The fraction of sp³-hybridized carbons (Fsp3) is 0.278. The molecule has 2 aromatic carbocycles. The number of amides is 1. The molecule has 1 atom stereocenters. The lowest BCUT2D eigenvalue weighted by Crippen LogP contribution is -2.38. The van der Waals surface area contributed by atoms with Crippen molar-refractivity contribution >= 4 is 33.2 Å². The van der Waals surface area contributed by atoms with Gasteiger partial charge < -0.3 is 14.8 Å². The Morgan fingerprint density at radius 3 is 2.50 bits per heavy atom. The summed E-state index contributed by atoms with van der Waals surface area (Å²) >= 11 is 6.08. The Kier molecular flexibility index (Phi) is 7.61. The number of carbonyl (C=O) groups excluding carboxylic acids is 1. The van der Waals surface area contributed by atoms with Gasteiger partial charge in [0.25, 0.3) is 15.9 Å². The number of sulfonamides is 1. The van der Waals surface area contributed by atoms with Crippen molar-refractivity contribution in [1.82, 2.24) is 5.32 Å². The molecule has 0 fully saturated rings. The number of halogens is 2. The normalized spacial score (nSPS) is 12.3. The van der Waals surface area contributed by atoms with Gasteiger partial charge in [0.05, 0.1) is 16.5 Å². The van der Waals surface area contributed by atoms with Gasteiger partial charge in [-0.2, -0.15) is 0 Å². The van der Waals surface area contributed by atoms with E-state index in [2.05, 4.69) is 10.0 Å². The minimum Gasteiger partial charge on any atom is -0.482 e. The largest absolute Gasteiger partial charge is 0.482 e. The zero-order valence-electron chi connectivity index (χ0n) is 15.2. The molecule has 0 aliphatic carbocycles. The van der Waals surface area contributed by atoms with Crippen LogP contribution in [0.15, 0.2) is 47.4 Å². The number of ether oxygens (including phenoxy) is 2. The van der Waals surface area contributed by atoms with E-state index in [0.717, 1.165) is 12.1 Å². The highest BCUT2D eigenvalue weighted by atomic mass is 35.5. The van der Waals surface area contributed by atoms with Crippen LogP contribution in [-0.2, 0) is 19.6 Å². The monoisotopic (exact) mass is 430 g/mol. The molecule has 152 valence electrons. The van der Waals surface area contributed by atoms with Gasteiger partial charge in [-0.1, -0.05) is 11.6 Å². The van der Waals surface area contributed by atoms with Gasteiger partial charge in [0, 0.05) is 18.8 Å². The van der Waals surface area contributed by atoms with Crippen LogP contribution in [0.3, 0.4) is 0 Å². The van der Waals surface area contributed by atoms with Crippen LogP contribution in [0.1, 0.15) is 6.92 Å². The van der Waals surface area contributed by atoms with Crippen molar-refractivity contribution in [2.24, 2.45) is 0 Å². The van der Waals surface area contributed by atoms with Crippen LogP contribution in [0.5, 0.6) is 5.75 Å². The van der Waals surface area contributed by atoms with E-state index in [0.29, 0.717) is 6.61 Å². The van der Waals surface area contributed by atoms with Crippen molar-refractivity contribution in [3.05, 3.63) is 53.3 Å². The highest BCUT2D eigenvalue weighted by molar-refractivity contribution is 7.92. The van der Waals surface area contributed by atoms with Crippen LogP contribution in [-0.4, -0.2) is 40.7 Å². The molecule has 0 saturated heterocycles. The number of carbonyl (C=O) groups is 1. The average molecular weight is 431 g/mol. The maximum atomic E-state index is 12.9. The molecule has 7 nitrogen and oxygen atoms in total. The molecule has 1 amide bonds. The summed E-state index contributed by atoms with van der Waals surface area (Å²) in [6, 6.07) is 8.55. The predicted molar refractivity (Wildman–Crippen MR) is 104 cm³/mol. The first-order valence-corrected chi connectivity index (χ1v) is 10.1. The summed E-state index contributed by atoms with van der Waals surface area (Å²) in [6.45, 7) is 1.86. The van der Waals surface area contributed by atoms with Crippen LogP contribution in [0.4, 0.5) is 10.1 Å². The van der Waals surface area contributed by atoms with E-state index in [-0.39, 0.29) is 39.9 Å². The van der Waals surface area contributed by atoms with Gasteiger partial charge in [0.15, 0.2) is 6.61 Å². The van der Waals surface area contributed by atoms with Crippen LogP contribution in [0.2, 0.25) is 5.02 Å². The first-order valence-electron chi connectivity index (χ1n) is 8.20. The topological polar surface area (TPSA) is 93.7 Å². The maximum absolute atomic E-state index is 12.9. The predicted octanol–water partition coefficient (Wildman–Crippen LogP) is 2.81. The van der Waals surface area contributed by atoms with Crippen LogP contribution in [0.25, 0.3) is 0 Å². The lowest BCUT2D eigenvalue weighted by Gasteiger charge is -2.14. The molecule has 10 heteroatoms. The standard InChI is InChI=1S/C18H20ClFN2O5S/c1-12(10-26-2)21-18(23)11-27-17-8-7-15(9-16(17)19)28(24,25)22-14-5-3-13(20)4-6-14/h3-9,12,22H,10-11H2,1-2H3,(H,21,23)/t12-/m1/s1. The fourth-order valence-electron chi connectivity index (χ4n) is 2.25. The number of hydrogen-bond acceptors (Lipinski definition) is 5. The first-order chi connectivity index (χ1) is 13.2. The molecular formula is C18H20ClFN2O5S. The van der Waals surface area contributed by atoms with Crippen molar-refractivity contribution in [2.75, 3.05) is 25.0 Å². The second kappa shape index (κ2) is 9.72. The molecule has 28 heavy (non-hydrogen) atoms. The minimum absolute atomic E-state index is 0.0275. The summed E-state index contributed by atoms with van der Waals surface area (Å²) in [5, 5.41) is 2.70. The van der Waals surface area contributed by atoms with Crippen LogP contribution < -0.4 is 14.8 Å². The third-order valence-corrected chi connectivity index (χ3v) is 5.17. The minimum atomic E-state index is -3.92. The van der Waals surface area contributed by atoms with Gasteiger partial charge in [-0.25, -0.2) is 12.8 Å². The molecule has 0 spiro atoms. The molecule has 0 saturated carbocycles. The van der Waals surface area contributed by atoms with E-state index in [1.165, 1.54) is 37.4 Å². The summed E-state index contributed by atoms with van der Waals surface area (Å²) in [4.78, 5) is 11.7. The van der Waals surface area contributed by atoms with Gasteiger partial charge in [0.2, 0.25) is 0 Å². The number of hydrogen-bond donors (Lipinski definition) is 2. The van der Waals surface area contributed by atoms with Gasteiger partial charge in [-0.05, 0) is 49.4 Å². The van der Waals surface area contributed by atoms with E-state index in [1.807, 2.05) is 0 Å². The maximum Gasteiger partial charge on any atom is 0.261 e. The van der Waals surface area contributed by atoms with E-state index < -0.39 is 15.8 Å². The van der Waals surface area contributed by atoms with Crippen molar-refractivity contribution < 1.29 is 27.1 Å². The zero-order chi connectivity index (χ0) is 20.7. The van der Waals surface area contributed by atoms with Gasteiger partial charge in [-0.3, -0.25) is 9.52 Å². The average Bonchev–Trinajstić information content (AvgIpc) is 2.62. The molecule has 2 rings (SSSR count). The molecular weight excluding hydrogens is 411 g/mol. The number of nitrogens with one attached hydrogen (secondary N) is 2. The number of rotatable bonds is 9. The summed E-state index contributed by atoms with van der Waals surface area (Å²) in [6.07, 6.45) is 0. The quantitative estimate of drug-likeness (QED) is 0.638. The smallest absolute Gasteiger partial charge is 0.261 e. The van der Waals surface area contributed by atoms with Crippen molar-refractivity contribution in [3.63, 3.8) is 0 Å². The molecule has 0 heterocycles. The highest BCUT2D eigenvalue weighted by Crippen LogP contribution is 2.28. The lowest BCUT2D eigenvalue weighted by molar-refractivity contribution is -0.124. The van der Waals surface area contributed by atoms with E-state index in [9.17, 15) is 17.6 Å². The lowest BCUT2D eigenvalue weighted by atomic mass is 10.3. The molecule has 2 N–H and O–H groups in total. The second-order valence-corrected chi connectivity index (χ2v) is 8.01. The number of benzene rings is 2. The molecule has 0 aliphatic rings. The molecule has 0 aliphatic heterocycles. The Hall–Kier alpha value is -2.36. The van der Waals surface area contributed by atoms with Crippen molar-refractivity contribution in [3.8, 4) is 5.75 Å². The van der Waals surface area contributed by atoms with Gasteiger partial charge in [0.1, 0.15) is 11.6 Å². The molecule has 0 unspecified atom stereocenters. The molecule has 2 aromatic rings. The Labute approximate surface area is 167 Å².